The van der Waals surface area contributed by atoms with Gasteiger partial charge in [0.05, 0.1) is 0 Å². The first-order valence-corrected chi connectivity index (χ1v) is 5.10. The third kappa shape index (κ3) is 2.34. The van der Waals surface area contributed by atoms with Crippen molar-refractivity contribution >= 4 is 0 Å². The van der Waals surface area contributed by atoms with Crippen LogP contribution in [0, 0.1) is 5.41 Å². The van der Waals surface area contributed by atoms with Crippen molar-refractivity contribution in [2.45, 2.75) is 46.1 Å². The highest BCUT2D eigenvalue weighted by molar-refractivity contribution is 4.99. The number of hydrogen-bond donors (Lipinski definition) is 0. The molecule has 0 aliphatic carbocycles. The van der Waals surface area contributed by atoms with Gasteiger partial charge in [-0.3, -0.25) is 0 Å². The van der Waals surface area contributed by atoms with Crippen LogP contribution in [0.3, 0.4) is 0 Å². The van der Waals surface area contributed by atoms with Crippen molar-refractivity contribution in [1.82, 2.24) is 4.90 Å². The monoisotopic (exact) mass is 183 g/mol. The quantitative estimate of drug-likeness (QED) is 0.591. The molecule has 1 heteroatoms. The minimum Gasteiger partial charge on any atom is -0.303 e. The Kier molecular flexibility index (Phi) is 4.18. The zero-order chi connectivity index (χ0) is 10.7. The van der Waals surface area contributed by atoms with E-state index in [1.165, 1.54) is 6.42 Å². The fourth-order valence-corrected chi connectivity index (χ4v) is 1.73. The van der Waals surface area contributed by atoms with Gasteiger partial charge in [0.1, 0.15) is 0 Å². The maximum atomic E-state index is 3.85. The molecule has 0 saturated heterocycles. The summed E-state index contributed by atoms with van der Waals surface area (Å²) in [4.78, 5) is 2.32. The van der Waals surface area contributed by atoms with Gasteiger partial charge in [-0.15, -0.1) is 6.58 Å². The van der Waals surface area contributed by atoms with Gasteiger partial charge in [0.25, 0.3) is 0 Å². The first-order chi connectivity index (χ1) is 5.81. The smallest absolute Gasteiger partial charge is 0.0260 e. The fourth-order valence-electron chi connectivity index (χ4n) is 1.73. The molecule has 0 radical (unpaired) electrons. The molecule has 0 bridgehead atoms. The van der Waals surface area contributed by atoms with E-state index in [2.05, 4.69) is 53.3 Å². The molecule has 0 aromatic heterocycles. The van der Waals surface area contributed by atoms with Crippen LogP contribution in [0.4, 0.5) is 0 Å². The van der Waals surface area contributed by atoms with Crippen molar-refractivity contribution in [1.29, 1.82) is 0 Å². The molecule has 0 spiro atoms. The van der Waals surface area contributed by atoms with Crippen LogP contribution in [0.2, 0.25) is 0 Å². The zero-order valence-corrected chi connectivity index (χ0v) is 10.1. The molecule has 0 saturated carbocycles. The molecule has 0 fully saturated rings. The van der Waals surface area contributed by atoms with Crippen molar-refractivity contribution in [3.05, 3.63) is 12.7 Å². The van der Waals surface area contributed by atoms with E-state index in [1.807, 2.05) is 6.08 Å². The Morgan fingerprint density at radius 3 is 1.92 bits per heavy atom. The summed E-state index contributed by atoms with van der Waals surface area (Å²) in [5.74, 6) is 0. The van der Waals surface area contributed by atoms with Crippen molar-refractivity contribution in [2.24, 2.45) is 5.41 Å². The molecule has 0 aromatic rings. The van der Waals surface area contributed by atoms with Crippen LogP contribution in [-0.4, -0.2) is 24.5 Å². The Hall–Kier alpha value is -0.300. The van der Waals surface area contributed by atoms with Crippen molar-refractivity contribution in [3.63, 3.8) is 0 Å². The van der Waals surface area contributed by atoms with E-state index in [1.54, 1.807) is 0 Å². The van der Waals surface area contributed by atoms with Gasteiger partial charge >= 0.3 is 0 Å². The van der Waals surface area contributed by atoms with Crippen LogP contribution in [0.1, 0.15) is 40.5 Å². The van der Waals surface area contributed by atoms with Gasteiger partial charge in [-0.1, -0.05) is 26.8 Å². The molecule has 1 nitrogen and oxygen atoms in total. The van der Waals surface area contributed by atoms with Crippen LogP contribution in [-0.2, 0) is 0 Å². The van der Waals surface area contributed by atoms with E-state index in [9.17, 15) is 0 Å². The summed E-state index contributed by atoms with van der Waals surface area (Å²) in [6.45, 7) is 13.1. The third-order valence-electron chi connectivity index (χ3n) is 3.87. The second kappa shape index (κ2) is 4.28. The summed E-state index contributed by atoms with van der Waals surface area (Å²) < 4.78 is 0. The maximum absolute atomic E-state index is 3.85. The first kappa shape index (κ1) is 12.7. The van der Waals surface area contributed by atoms with Crippen molar-refractivity contribution < 1.29 is 0 Å². The fraction of sp³-hybridized carbons (Fsp3) is 0.833. The van der Waals surface area contributed by atoms with Gasteiger partial charge in [-0.2, -0.15) is 0 Å². The van der Waals surface area contributed by atoms with Gasteiger partial charge in [0.15, 0.2) is 0 Å². The molecule has 0 heterocycles. The van der Waals surface area contributed by atoms with E-state index < -0.39 is 0 Å². The lowest BCUT2D eigenvalue weighted by molar-refractivity contribution is 0.0329. The summed E-state index contributed by atoms with van der Waals surface area (Å²) in [6, 6.07) is 0. The van der Waals surface area contributed by atoms with E-state index >= 15 is 0 Å². The Morgan fingerprint density at radius 2 is 1.69 bits per heavy atom. The molecule has 0 aliphatic heterocycles. The van der Waals surface area contributed by atoms with Gasteiger partial charge < -0.3 is 4.90 Å². The van der Waals surface area contributed by atoms with E-state index in [4.69, 9.17) is 0 Å². The highest BCUT2D eigenvalue weighted by atomic mass is 15.1. The normalized spacial score (nSPS) is 17.2. The molecule has 78 valence electrons. The first-order valence-electron chi connectivity index (χ1n) is 5.10. The lowest BCUT2D eigenvalue weighted by Gasteiger charge is -2.48. The largest absolute Gasteiger partial charge is 0.303 e. The van der Waals surface area contributed by atoms with Gasteiger partial charge in [-0.05, 0) is 39.3 Å². The minimum absolute atomic E-state index is 0.212. The highest BCUT2D eigenvalue weighted by Gasteiger charge is 2.40. The van der Waals surface area contributed by atoms with Crippen LogP contribution in [0.5, 0.6) is 0 Å². The second-order valence-corrected chi connectivity index (χ2v) is 4.90. The van der Waals surface area contributed by atoms with Crippen LogP contribution < -0.4 is 0 Å². The summed E-state index contributed by atoms with van der Waals surface area (Å²) in [5, 5.41) is 0. The highest BCUT2D eigenvalue weighted by Crippen LogP contribution is 2.40. The van der Waals surface area contributed by atoms with Crippen molar-refractivity contribution in [2.75, 3.05) is 14.1 Å². The predicted octanol–water partition coefficient (Wildman–Crippen LogP) is 3.32. The third-order valence-corrected chi connectivity index (χ3v) is 3.87. The number of rotatable bonds is 5. The Labute approximate surface area is 83.8 Å². The van der Waals surface area contributed by atoms with E-state index in [-0.39, 0.29) is 5.54 Å². The molecule has 1 atom stereocenters. The Balaban J connectivity index is 4.87. The SMILES string of the molecule is C=CCC(C)(N(C)C)C(C)(C)CC. The molecular weight excluding hydrogens is 158 g/mol. The summed E-state index contributed by atoms with van der Waals surface area (Å²) in [5.41, 5.74) is 0.536. The lowest BCUT2D eigenvalue weighted by atomic mass is 9.69. The zero-order valence-electron chi connectivity index (χ0n) is 10.1. The second-order valence-electron chi connectivity index (χ2n) is 4.90. The van der Waals surface area contributed by atoms with Crippen LogP contribution in [0.15, 0.2) is 12.7 Å². The number of nitrogens with zero attached hydrogens (tertiary/aromatic N) is 1. The maximum Gasteiger partial charge on any atom is 0.0260 e. The topological polar surface area (TPSA) is 3.24 Å². The molecule has 0 aromatic carbocycles. The molecule has 1 unspecified atom stereocenters. The molecule has 0 N–H and O–H groups in total. The van der Waals surface area contributed by atoms with Crippen LogP contribution >= 0.6 is 0 Å². The predicted molar refractivity (Wildman–Crippen MR) is 61.0 cm³/mol. The minimum atomic E-state index is 0.212. The summed E-state index contributed by atoms with van der Waals surface area (Å²) in [6.07, 6.45) is 4.26. The Bertz CT molecular complexity index is 170. The average Bonchev–Trinajstić information content (AvgIpc) is 2.04. The van der Waals surface area contributed by atoms with Crippen LogP contribution in [0.25, 0.3) is 0 Å². The molecule has 0 rings (SSSR count). The molecule has 0 aliphatic rings. The molecule has 0 amide bonds. The summed E-state index contributed by atoms with van der Waals surface area (Å²) in [7, 11) is 4.31. The standard InChI is InChI=1S/C12H25N/c1-8-10-12(5,13(6)7)11(3,4)9-2/h8H,1,9-10H2,2-7H3. The van der Waals surface area contributed by atoms with E-state index in [0.29, 0.717) is 5.41 Å². The van der Waals surface area contributed by atoms with Gasteiger partial charge in [-0.25, -0.2) is 0 Å². The molecular formula is C12H25N. The Morgan fingerprint density at radius 1 is 1.23 bits per heavy atom. The lowest BCUT2D eigenvalue weighted by Crippen LogP contribution is -2.52. The van der Waals surface area contributed by atoms with E-state index in [0.717, 1.165) is 6.42 Å². The van der Waals surface area contributed by atoms with Gasteiger partial charge in [0.2, 0.25) is 0 Å². The van der Waals surface area contributed by atoms with Gasteiger partial charge in [0, 0.05) is 5.54 Å². The summed E-state index contributed by atoms with van der Waals surface area (Å²) >= 11 is 0. The molecule has 13 heavy (non-hydrogen) atoms. The number of hydrogen-bond acceptors (Lipinski definition) is 1. The average molecular weight is 183 g/mol. The van der Waals surface area contributed by atoms with Crippen molar-refractivity contribution in [3.8, 4) is 0 Å².